The Kier molecular flexibility index (Phi) is 5.28. The molecule has 0 fully saturated rings. The van der Waals surface area contributed by atoms with Gasteiger partial charge in [0.05, 0.1) is 15.7 Å². The molecule has 0 saturated heterocycles. The number of rotatable bonds is 5. The van der Waals surface area contributed by atoms with Crippen LogP contribution < -0.4 is 10.5 Å². The van der Waals surface area contributed by atoms with Gasteiger partial charge in [-0.2, -0.15) is 0 Å². The van der Waals surface area contributed by atoms with Crippen LogP contribution in [0, 0.1) is 6.92 Å². The zero-order valence-corrected chi connectivity index (χ0v) is 16.7. The molecule has 0 bridgehead atoms. The number of nitrogens with zero attached hydrogens (tertiary/aromatic N) is 1. The Morgan fingerprint density at radius 1 is 1.35 bits per heavy atom. The number of carbonyl (C=O) groups is 1. The first-order valence-corrected chi connectivity index (χ1v) is 10.6. The van der Waals surface area contributed by atoms with Gasteiger partial charge in [0.25, 0.3) is 5.91 Å². The highest BCUT2D eigenvalue weighted by molar-refractivity contribution is 9.10. The van der Waals surface area contributed by atoms with Crippen LogP contribution in [0.5, 0.6) is 0 Å². The Balaban J connectivity index is 1.97. The van der Waals surface area contributed by atoms with E-state index in [0.717, 1.165) is 16.9 Å². The molecule has 0 atom stereocenters. The molecule has 0 unspecified atom stereocenters. The van der Waals surface area contributed by atoms with Gasteiger partial charge in [-0.05, 0) is 28.4 Å². The van der Waals surface area contributed by atoms with E-state index in [1.54, 1.807) is 6.92 Å². The van der Waals surface area contributed by atoms with Crippen molar-refractivity contribution in [3.8, 4) is 11.3 Å². The van der Waals surface area contributed by atoms with Crippen molar-refractivity contribution >= 4 is 43.2 Å². The molecule has 1 aromatic carbocycles. The molecule has 26 heavy (non-hydrogen) atoms. The number of halogens is 1. The number of hydrogen-bond donors (Lipinski definition) is 2. The van der Waals surface area contributed by atoms with Crippen LogP contribution in [0.15, 0.2) is 49.6 Å². The number of sulfonamides is 1. The molecule has 3 rings (SSSR count). The van der Waals surface area contributed by atoms with E-state index in [1.807, 2.05) is 30.3 Å². The van der Waals surface area contributed by atoms with Crippen molar-refractivity contribution in [1.29, 1.82) is 0 Å². The van der Waals surface area contributed by atoms with Gasteiger partial charge in [0.1, 0.15) is 9.77 Å². The zero-order chi connectivity index (χ0) is 18.9. The highest BCUT2D eigenvalue weighted by atomic mass is 79.9. The number of nitrogens with two attached hydrogens (primary N) is 1. The van der Waals surface area contributed by atoms with E-state index < -0.39 is 15.9 Å². The lowest BCUT2D eigenvalue weighted by Gasteiger charge is -2.06. The summed E-state index contributed by atoms with van der Waals surface area (Å²) < 4.78 is 30.0. The minimum atomic E-state index is -4.16. The van der Waals surface area contributed by atoms with Gasteiger partial charge < -0.3 is 9.84 Å². The monoisotopic (exact) mass is 455 g/mol. The number of primary sulfonamides is 1. The Labute approximate surface area is 162 Å². The molecule has 2 heterocycles. The fraction of sp³-hybridized carbons (Fsp3) is 0.125. The normalized spacial score (nSPS) is 11.5. The number of aryl methyl sites for hydroxylation is 1. The van der Waals surface area contributed by atoms with Crippen LogP contribution in [-0.4, -0.2) is 19.5 Å². The lowest BCUT2D eigenvalue weighted by atomic mass is 10.2. The van der Waals surface area contributed by atoms with Gasteiger partial charge >= 0.3 is 0 Å². The number of benzene rings is 1. The SMILES string of the molecule is Cc1noc(-c2csc(C(=O)NCc3ccccc3)c2S(N)(=O)=O)c1Br. The fourth-order valence-electron chi connectivity index (χ4n) is 2.33. The third-order valence-corrected chi connectivity index (χ3v) is 6.60. The second-order valence-electron chi connectivity index (χ2n) is 5.43. The lowest BCUT2D eigenvalue weighted by Crippen LogP contribution is -2.25. The van der Waals surface area contributed by atoms with E-state index in [4.69, 9.17) is 9.66 Å². The van der Waals surface area contributed by atoms with Crippen LogP contribution in [0.25, 0.3) is 11.3 Å². The molecular formula is C16H14BrN3O4S2. The van der Waals surface area contributed by atoms with Gasteiger partial charge in [-0.1, -0.05) is 35.5 Å². The summed E-state index contributed by atoms with van der Waals surface area (Å²) in [5.74, 6) is -0.314. The molecule has 3 aromatic rings. The Hall–Kier alpha value is -2.01. The number of hydrogen-bond acceptors (Lipinski definition) is 6. The third-order valence-electron chi connectivity index (χ3n) is 3.57. The first-order chi connectivity index (χ1) is 12.3. The summed E-state index contributed by atoms with van der Waals surface area (Å²) in [4.78, 5) is 12.3. The Morgan fingerprint density at radius 2 is 2.04 bits per heavy atom. The van der Waals surface area contributed by atoms with Gasteiger partial charge in [-0.25, -0.2) is 13.6 Å². The molecule has 2 aromatic heterocycles. The predicted octanol–water partition coefficient (Wildman–Crippen LogP) is 3.05. The Bertz CT molecular complexity index is 1060. The van der Waals surface area contributed by atoms with E-state index >= 15 is 0 Å². The Morgan fingerprint density at radius 3 is 2.62 bits per heavy atom. The quantitative estimate of drug-likeness (QED) is 0.613. The molecule has 136 valence electrons. The van der Waals surface area contributed by atoms with Gasteiger partial charge in [0.15, 0.2) is 5.76 Å². The van der Waals surface area contributed by atoms with Crippen molar-refractivity contribution in [3.63, 3.8) is 0 Å². The van der Waals surface area contributed by atoms with Crippen molar-refractivity contribution in [3.05, 3.63) is 56.3 Å². The van der Waals surface area contributed by atoms with E-state index in [0.29, 0.717) is 10.2 Å². The molecule has 1 amide bonds. The second kappa shape index (κ2) is 7.31. The van der Waals surface area contributed by atoms with Crippen LogP contribution in [0.1, 0.15) is 20.9 Å². The minimum absolute atomic E-state index is 0.000570. The van der Waals surface area contributed by atoms with Crippen LogP contribution in [0.3, 0.4) is 0 Å². The predicted molar refractivity (Wildman–Crippen MR) is 101 cm³/mol. The summed E-state index contributed by atoms with van der Waals surface area (Å²) in [5.41, 5.74) is 1.65. The van der Waals surface area contributed by atoms with E-state index in [1.165, 1.54) is 5.38 Å². The lowest BCUT2D eigenvalue weighted by molar-refractivity contribution is 0.0952. The molecule has 0 aliphatic carbocycles. The molecule has 0 spiro atoms. The molecule has 10 heteroatoms. The fourth-order valence-corrected chi connectivity index (χ4v) is 4.92. The van der Waals surface area contributed by atoms with E-state index in [2.05, 4.69) is 26.4 Å². The maximum atomic E-state index is 12.5. The second-order valence-corrected chi connectivity index (χ2v) is 8.60. The molecule has 0 radical (unpaired) electrons. The first-order valence-electron chi connectivity index (χ1n) is 7.37. The maximum absolute atomic E-state index is 12.5. The van der Waals surface area contributed by atoms with Crippen LogP contribution >= 0.6 is 27.3 Å². The molecule has 0 saturated carbocycles. The summed E-state index contributed by atoms with van der Waals surface area (Å²) in [6.07, 6.45) is 0. The summed E-state index contributed by atoms with van der Waals surface area (Å²) in [7, 11) is -4.16. The third kappa shape index (κ3) is 3.73. The average Bonchev–Trinajstić information content (AvgIpc) is 3.18. The number of amides is 1. The largest absolute Gasteiger partial charge is 0.355 e. The van der Waals surface area contributed by atoms with Gasteiger partial charge in [-0.15, -0.1) is 11.3 Å². The first kappa shape index (κ1) is 18.8. The van der Waals surface area contributed by atoms with Crippen molar-refractivity contribution in [2.24, 2.45) is 5.14 Å². The molecular weight excluding hydrogens is 442 g/mol. The summed E-state index contributed by atoms with van der Waals surface area (Å²) in [5, 5.41) is 13.4. The molecule has 0 aliphatic rings. The molecule has 0 aliphatic heterocycles. The van der Waals surface area contributed by atoms with Crippen LogP contribution in [0.2, 0.25) is 0 Å². The van der Waals surface area contributed by atoms with Crippen molar-refractivity contribution in [2.45, 2.75) is 18.4 Å². The number of thiophene rings is 1. The standard InChI is InChI=1S/C16H14BrN3O4S2/c1-9-12(17)13(24-20-9)11-8-25-14(15(11)26(18,22)23)16(21)19-7-10-5-3-2-4-6-10/h2-6,8H,7H2,1H3,(H,19,21)(H2,18,22,23). The van der Waals surface area contributed by atoms with Gasteiger partial charge in [0, 0.05) is 11.9 Å². The molecule has 7 nitrogen and oxygen atoms in total. The number of carbonyl (C=O) groups excluding carboxylic acids is 1. The minimum Gasteiger partial charge on any atom is -0.355 e. The van der Waals surface area contributed by atoms with Crippen molar-refractivity contribution in [2.75, 3.05) is 0 Å². The topological polar surface area (TPSA) is 115 Å². The van der Waals surface area contributed by atoms with E-state index in [-0.39, 0.29) is 27.6 Å². The number of aromatic nitrogens is 1. The smallest absolute Gasteiger partial charge is 0.263 e. The highest BCUT2D eigenvalue weighted by Gasteiger charge is 2.29. The summed E-state index contributed by atoms with van der Waals surface area (Å²) in [6, 6.07) is 9.28. The van der Waals surface area contributed by atoms with Crippen LogP contribution in [-0.2, 0) is 16.6 Å². The van der Waals surface area contributed by atoms with Gasteiger partial charge in [-0.3, -0.25) is 4.79 Å². The van der Waals surface area contributed by atoms with E-state index in [9.17, 15) is 13.2 Å². The highest BCUT2D eigenvalue weighted by Crippen LogP contribution is 2.39. The summed E-state index contributed by atoms with van der Waals surface area (Å²) in [6.45, 7) is 1.97. The maximum Gasteiger partial charge on any atom is 0.263 e. The van der Waals surface area contributed by atoms with Gasteiger partial charge in [0.2, 0.25) is 10.0 Å². The molecule has 3 N–H and O–H groups in total. The van der Waals surface area contributed by atoms with Crippen LogP contribution in [0.4, 0.5) is 0 Å². The van der Waals surface area contributed by atoms with Crippen molar-refractivity contribution in [1.82, 2.24) is 10.5 Å². The summed E-state index contributed by atoms with van der Waals surface area (Å²) >= 11 is 4.29. The average molecular weight is 456 g/mol. The zero-order valence-electron chi connectivity index (χ0n) is 13.5. The number of nitrogens with one attached hydrogen (secondary N) is 1. The van der Waals surface area contributed by atoms with Crippen molar-refractivity contribution < 1.29 is 17.7 Å².